The summed E-state index contributed by atoms with van der Waals surface area (Å²) in [5, 5.41) is 0. The number of hydrogen-bond acceptors (Lipinski definition) is 3. The number of halogens is 2. The molecule has 5 nitrogen and oxygen atoms in total. The van der Waals surface area contributed by atoms with Crippen LogP contribution in [0.4, 0.5) is 8.78 Å². The molecule has 1 saturated carbocycles. The minimum absolute atomic E-state index is 0.112. The highest BCUT2D eigenvalue weighted by Crippen LogP contribution is 2.44. The van der Waals surface area contributed by atoms with E-state index in [1.807, 2.05) is 23.9 Å². The van der Waals surface area contributed by atoms with E-state index in [2.05, 4.69) is 0 Å². The molecule has 0 bridgehead atoms. The summed E-state index contributed by atoms with van der Waals surface area (Å²) in [6.45, 7) is 3.16. The van der Waals surface area contributed by atoms with Crippen LogP contribution in [-0.2, 0) is 9.59 Å². The summed E-state index contributed by atoms with van der Waals surface area (Å²) >= 11 is 0. The fraction of sp³-hybridized carbons (Fsp3) is 0.867. The molecule has 0 aromatic rings. The van der Waals surface area contributed by atoms with Crippen molar-refractivity contribution >= 4 is 11.8 Å². The number of fused-ring (bicyclic) bond motifs is 1. The first-order valence-corrected chi connectivity index (χ1v) is 7.87. The van der Waals surface area contributed by atoms with Crippen molar-refractivity contribution in [3.63, 3.8) is 0 Å². The second-order valence-electron chi connectivity index (χ2n) is 7.16. The summed E-state index contributed by atoms with van der Waals surface area (Å²) in [7, 11) is 3.94. The van der Waals surface area contributed by atoms with E-state index in [0.717, 1.165) is 6.54 Å². The lowest BCUT2D eigenvalue weighted by Gasteiger charge is -2.36. The van der Waals surface area contributed by atoms with Crippen molar-refractivity contribution in [2.75, 3.05) is 46.8 Å². The standard InChI is InChI=1S/C15H23F2N3O2/c1-18(2)3-4-19-7-11-8-20(9-12(11)14(19)22)13(21)10-5-15(16,17)6-10/h10-12H,3-9H2,1-2H3. The SMILES string of the molecule is CN(C)CCN1CC2CN(C(=O)C3CC(F)(F)C3)CC2C1=O. The van der Waals surface area contributed by atoms with E-state index in [9.17, 15) is 18.4 Å². The van der Waals surface area contributed by atoms with Gasteiger partial charge in [-0.2, -0.15) is 0 Å². The summed E-state index contributed by atoms with van der Waals surface area (Å²) in [5.74, 6) is -3.26. The number of nitrogens with zero attached hydrogens (tertiary/aromatic N) is 3. The molecular weight excluding hydrogens is 292 g/mol. The Hall–Kier alpha value is -1.24. The molecule has 0 aromatic carbocycles. The van der Waals surface area contributed by atoms with Crippen molar-refractivity contribution in [3.8, 4) is 0 Å². The highest BCUT2D eigenvalue weighted by molar-refractivity contribution is 5.85. The zero-order chi connectivity index (χ0) is 16.1. The predicted octanol–water partition coefficient (Wildman–Crippen LogP) is 0.510. The molecule has 3 rings (SSSR count). The monoisotopic (exact) mass is 315 g/mol. The molecule has 22 heavy (non-hydrogen) atoms. The van der Waals surface area contributed by atoms with E-state index >= 15 is 0 Å². The lowest BCUT2D eigenvalue weighted by molar-refractivity contribution is -0.159. The maximum absolute atomic E-state index is 12.9. The average Bonchev–Trinajstić information content (AvgIpc) is 2.93. The molecule has 1 aliphatic carbocycles. The minimum atomic E-state index is -2.67. The van der Waals surface area contributed by atoms with E-state index in [-0.39, 0.29) is 36.5 Å². The molecule has 2 heterocycles. The van der Waals surface area contributed by atoms with Gasteiger partial charge in [-0.05, 0) is 14.1 Å². The van der Waals surface area contributed by atoms with Crippen LogP contribution in [0.2, 0.25) is 0 Å². The number of likely N-dealkylation sites (tertiary alicyclic amines) is 2. The smallest absolute Gasteiger partial charge is 0.249 e. The quantitative estimate of drug-likeness (QED) is 0.759. The average molecular weight is 315 g/mol. The van der Waals surface area contributed by atoms with Gasteiger partial charge in [-0.25, -0.2) is 8.78 Å². The Kier molecular flexibility index (Phi) is 3.87. The second kappa shape index (κ2) is 5.44. The Bertz CT molecular complexity index is 475. The summed E-state index contributed by atoms with van der Waals surface area (Å²) < 4.78 is 25.8. The third-order valence-corrected chi connectivity index (χ3v) is 5.09. The van der Waals surface area contributed by atoms with Crippen molar-refractivity contribution in [1.29, 1.82) is 0 Å². The van der Waals surface area contributed by atoms with E-state index < -0.39 is 11.8 Å². The number of alkyl halides is 2. The van der Waals surface area contributed by atoms with Gasteiger partial charge in [0.25, 0.3) is 0 Å². The number of carbonyl (C=O) groups is 2. The van der Waals surface area contributed by atoms with Gasteiger partial charge in [0, 0.05) is 57.4 Å². The van der Waals surface area contributed by atoms with E-state index in [1.54, 1.807) is 4.90 Å². The fourth-order valence-corrected chi connectivity index (χ4v) is 3.74. The first kappa shape index (κ1) is 15.6. The third-order valence-electron chi connectivity index (χ3n) is 5.09. The number of rotatable bonds is 4. The molecule has 2 aliphatic heterocycles. The summed E-state index contributed by atoms with van der Waals surface area (Å²) in [6, 6.07) is 0. The molecule has 3 aliphatic rings. The van der Waals surface area contributed by atoms with Gasteiger partial charge in [-0.15, -0.1) is 0 Å². The van der Waals surface area contributed by atoms with E-state index in [0.29, 0.717) is 26.2 Å². The maximum atomic E-state index is 12.9. The van der Waals surface area contributed by atoms with Gasteiger partial charge in [0.2, 0.25) is 17.7 Å². The van der Waals surface area contributed by atoms with Crippen molar-refractivity contribution in [1.82, 2.24) is 14.7 Å². The minimum Gasteiger partial charge on any atom is -0.341 e. The largest absolute Gasteiger partial charge is 0.341 e. The first-order chi connectivity index (χ1) is 10.3. The number of likely N-dealkylation sites (N-methyl/N-ethyl adjacent to an activating group) is 1. The fourth-order valence-electron chi connectivity index (χ4n) is 3.74. The Balaban J connectivity index is 1.52. The van der Waals surface area contributed by atoms with Gasteiger partial charge in [0.05, 0.1) is 5.92 Å². The predicted molar refractivity (Wildman–Crippen MR) is 76.4 cm³/mol. The lowest BCUT2D eigenvalue weighted by Crippen LogP contribution is -2.47. The highest BCUT2D eigenvalue weighted by atomic mass is 19.3. The first-order valence-electron chi connectivity index (χ1n) is 7.87. The molecule has 3 fully saturated rings. The van der Waals surface area contributed by atoms with Crippen molar-refractivity contribution in [3.05, 3.63) is 0 Å². The van der Waals surface area contributed by atoms with Gasteiger partial charge < -0.3 is 14.7 Å². The van der Waals surface area contributed by atoms with Crippen LogP contribution >= 0.6 is 0 Å². The molecular formula is C15H23F2N3O2. The van der Waals surface area contributed by atoms with E-state index in [4.69, 9.17) is 0 Å². The molecule has 124 valence electrons. The zero-order valence-corrected chi connectivity index (χ0v) is 13.1. The van der Waals surface area contributed by atoms with Gasteiger partial charge in [0.1, 0.15) is 0 Å². The number of carbonyl (C=O) groups excluding carboxylic acids is 2. The normalized spacial score (nSPS) is 30.9. The second-order valence-corrected chi connectivity index (χ2v) is 7.16. The Morgan fingerprint density at radius 2 is 1.95 bits per heavy atom. The van der Waals surface area contributed by atoms with Crippen LogP contribution in [0.1, 0.15) is 12.8 Å². The van der Waals surface area contributed by atoms with Crippen LogP contribution in [-0.4, -0.2) is 79.3 Å². The van der Waals surface area contributed by atoms with Gasteiger partial charge in [-0.3, -0.25) is 9.59 Å². The number of amides is 2. The zero-order valence-electron chi connectivity index (χ0n) is 13.1. The molecule has 0 aromatic heterocycles. The van der Waals surface area contributed by atoms with Crippen LogP contribution in [0.3, 0.4) is 0 Å². The van der Waals surface area contributed by atoms with Gasteiger partial charge in [0.15, 0.2) is 0 Å². The van der Waals surface area contributed by atoms with Crippen molar-refractivity contribution in [2.24, 2.45) is 17.8 Å². The van der Waals surface area contributed by atoms with Crippen molar-refractivity contribution < 1.29 is 18.4 Å². The summed E-state index contributed by atoms with van der Waals surface area (Å²) in [5.41, 5.74) is 0. The highest BCUT2D eigenvalue weighted by Gasteiger charge is 2.53. The van der Waals surface area contributed by atoms with Crippen LogP contribution in [0.15, 0.2) is 0 Å². The van der Waals surface area contributed by atoms with Gasteiger partial charge >= 0.3 is 0 Å². The van der Waals surface area contributed by atoms with Crippen LogP contribution < -0.4 is 0 Å². The molecule has 0 N–H and O–H groups in total. The topological polar surface area (TPSA) is 43.9 Å². The van der Waals surface area contributed by atoms with Crippen molar-refractivity contribution in [2.45, 2.75) is 18.8 Å². The van der Waals surface area contributed by atoms with Crippen LogP contribution in [0.25, 0.3) is 0 Å². The third kappa shape index (κ3) is 2.83. The molecule has 2 saturated heterocycles. The molecule has 0 radical (unpaired) electrons. The van der Waals surface area contributed by atoms with Crippen LogP contribution in [0.5, 0.6) is 0 Å². The molecule has 2 atom stereocenters. The molecule has 0 spiro atoms. The Morgan fingerprint density at radius 3 is 2.50 bits per heavy atom. The summed E-state index contributed by atoms with van der Waals surface area (Å²) in [6.07, 6.45) is -0.666. The maximum Gasteiger partial charge on any atom is 0.249 e. The number of hydrogen-bond donors (Lipinski definition) is 0. The van der Waals surface area contributed by atoms with Crippen LogP contribution in [0, 0.1) is 17.8 Å². The van der Waals surface area contributed by atoms with E-state index in [1.165, 1.54) is 0 Å². The Labute approximate surface area is 129 Å². The molecule has 2 unspecified atom stereocenters. The van der Waals surface area contributed by atoms with Gasteiger partial charge in [-0.1, -0.05) is 0 Å². The molecule has 7 heteroatoms. The molecule has 2 amide bonds. The Morgan fingerprint density at radius 1 is 1.27 bits per heavy atom. The summed E-state index contributed by atoms with van der Waals surface area (Å²) in [4.78, 5) is 30.1. The lowest BCUT2D eigenvalue weighted by atomic mass is 9.80.